The Hall–Kier alpha value is -1.17. The largest absolute Gasteiger partial charge is 0.447 e. The van der Waals surface area contributed by atoms with Gasteiger partial charge in [-0.05, 0) is 20.3 Å². The first kappa shape index (κ1) is 10.9. The van der Waals surface area contributed by atoms with Crippen LogP contribution >= 0.6 is 11.3 Å². The number of aryl methyl sites for hydroxylation is 1. The van der Waals surface area contributed by atoms with Gasteiger partial charge in [-0.25, -0.2) is 4.79 Å². The molecule has 0 saturated carbocycles. The molecule has 0 bridgehead atoms. The van der Waals surface area contributed by atoms with Crippen LogP contribution in [0.1, 0.15) is 25.8 Å². The number of hydrogen-bond donors (Lipinski definition) is 1. The van der Waals surface area contributed by atoms with Crippen LogP contribution in [0, 0.1) is 0 Å². The van der Waals surface area contributed by atoms with Crippen molar-refractivity contribution in [3.05, 3.63) is 5.01 Å². The number of anilines is 1. The topological polar surface area (TPSA) is 64.1 Å². The van der Waals surface area contributed by atoms with Gasteiger partial charge in [0.25, 0.3) is 0 Å². The first-order valence-corrected chi connectivity index (χ1v) is 5.23. The van der Waals surface area contributed by atoms with Crippen molar-refractivity contribution in [3.63, 3.8) is 0 Å². The zero-order chi connectivity index (χ0) is 10.6. The second-order valence-corrected chi connectivity index (χ2v) is 4.00. The molecule has 0 unspecified atom stereocenters. The van der Waals surface area contributed by atoms with E-state index in [1.807, 2.05) is 6.92 Å². The first-order valence-electron chi connectivity index (χ1n) is 4.41. The predicted molar refractivity (Wildman–Crippen MR) is 54.5 cm³/mol. The molecule has 0 aromatic carbocycles. The van der Waals surface area contributed by atoms with E-state index in [2.05, 4.69) is 15.5 Å². The summed E-state index contributed by atoms with van der Waals surface area (Å²) in [7, 11) is 0. The van der Waals surface area contributed by atoms with Crippen LogP contribution in [-0.4, -0.2) is 22.4 Å². The van der Waals surface area contributed by atoms with E-state index < -0.39 is 6.09 Å². The Kier molecular flexibility index (Phi) is 3.82. The van der Waals surface area contributed by atoms with Crippen molar-refractivity contribution >= 4 is 22.6 Å². The van der Waals surface area contributed by atoms with E-state index in [9.17, 15) is 4.79 Å². The molecule has 0 atom stereocenters. The van der Waals surface area contributed by atoms with Crippen LogP contribution in [0.4, 0.5) is 9.93 Å². The van der Waals surface area contributed by atoms with Gasteiger partial charge < -0.3 is 4.74 Å². The minimum absolute atomic E-state index is 0.131. The standard InChI is InChI=1S/C8H13N3O2S/c1-4-6-10-11-7(14-6)9-8(12)13-5(2)3/h5H,4H2,1-3H3,(H,9,11,12). The monoisotopic (exact) mass is 215 g/mol. The average Bonchev–Trinajstić information content (AvgIpc) is 2.50. The molecule has 78 valence electrons. The molecular weight excluding hydrogens is 202 g/mol. The molecule has 1 amide bonds. The summed E-state index contributed by atoms with van der Waals surface area (Å²) in [6.07, 6.45) is 0.200. The van der Waals surface area contributed by atoms with Gasteiger partial charge in [0.2, 0.25) is 5.13 Å². The summed E-state index contributed by atoms with van der Waals surface area (Å²) in [5.74, 6) is 0. The number of nitrogens with one attached hydrogen (secondary N) is 1. The Labute approximate surface area is 86.5 Å². The SMILES string of the molecule is CCc1nnc(NC(=O)OC(C)C)s1. The van der Waals surface area contributed by atoms with Gasteiger partial charge in [-0.3, -0.25) is 5.32 Å². The van der Waals surface area contributed by atoms with Crippen LogP contribution in [0.15, 0.2) is 0 Å². The highest BCUT2D eigenvalue weighted by Gasteiger charge is 2.08. The van der Waals surface area contributed by atoms with Gasteiger partial charge >= 0.3 is 6.09 Å². The lowest BCUT2D eigenvalue weighted by Crippen LogP contribution is -2.17. The Morgan fingerprint density at radius 1 is 1.57 bits per heavy atom. The van der Waals surface area contributed by atoms with Gasteiger partial charge in [-0.15, -0.1) is 10.2 Å². The van der Waals surface area contributed by atoms with Crippen molar-refractivity contribution < 1.29 is 9.53 Å². The smallest absolute Gasteiger partial charge is 0.413 e. The van der Waals surface area contributed by atoms with E-state index in [0.29, 0.717) is 5.13 Å². The summed E-state index contributed by atoms with van der Waals surface area (Å²) >= 11 is 1.35. The van der Waals surface area contributed by atoms with E-state index >= 15 is 0 Å². The molecule has 0 saturated heterocycles. The maximum Gasteiger partial charge on any atom is 0.413 e. The molecule has 1 aromatic heterocycles. The number of aromatic nitrogens is 2. The van der Waals surface area contributed by atoms with Crippen LogP contribution in [0.3, 0.4) is 0 Å². The molecule has 1 aromatic rings. The highest BCUT2D eigenvalue weighted by molar-refractivity contribution is 7.15. The zero-order valence-corrected chi connectivity index (χ0v) is 9.22. The van der Waals surface area contributed by atoms with Crippen LogP contribution < -0.4 is 5.32 Å². The number of rotatable bonds is 3. The molecule has 0 aliphatic heterocycles. The molecule has 1 rings (SSSR count). The zero-order valence-electron chi connectivity index (χ0n) is 8.40. The van der Waals surface area contributed by atoms with Crippen LogP contribution in [0.25, 0.3) is 0 Å². The molecule has 0 aliphatic carbocycles. The van der Waals surface area contributed by atoms with Gasteiger partial charge in [0, 0.05) is 0 Å². The fourth-order valence-electron chi connectivity index (χ4n) is 0.778. The summed E-state index contributed by atoms with van der Waals surface area (Å²) in [6, 6.07) is 0. The molecule has 0 fully saturated rings. The van der Waals surface area contributed by atoms with Crippen molar-refractivity contribution in [1.29, 1.82) is 0 Å². The third-order valence-electron chi connectivity index (χ3n) is 1.32. The lowest BCUT2D eigenvalue weighted by molar-refractivity contribution is 0.130. The Bertz CT molecular complexity index is 311. The lowest BCUT2D eigenvalue weighted by atomic mass is 10.5. The Morgan fingerprint density at radius 2 is 2.29 bits per heavy atom. The van der Waals surface area contributed by atoms with Crippen molar-refractivity contribution in [2.24, 2.45) is 0 Å². The second kappa shape index (κ2) is 4.90. The number of carbonyl (C=O) groups is 1. The van der Waals surface area contributed by atoms with E-state index in [0.717, 1.165) is 11.4 Å². The van der Waals surface area contributed by atoms with Gasteiger partial charge in [0.05, 0.1) is 6.10 Å². The third kappa shape index (κ3) is 3.29. The van der Waals surface area contributed by atoms with E-state index in [1.54, 1.807) is 13.8 Å². The van der Waals surface area contributed by atoms with E-state index in [4.69, 9.17) is 4.74 Å². The molecule has 5 nitrogen and oxygen atoms in total. The lowest BCUT2D eigenvalue weighted by Gasteiger charge is -2.06. The number of hydrogen-bond acceptors (Lipinski definition) is 5. The predicted octanol–water partition coefficient (Wildman–Crippen LogP) is 2.06. The van der Waals surface area contributed by atoms with Crippen molar-refractivity contribution in [2.75, 3.05) is 5.32 Å². The minimum Gasteiger partial charge on any atom is -0.447 e. The maximum absolute atomic E-state index is 11.1. The second-order valence-electron chi connectivity index (χ2n) is 2.93. The van der Waals surface area contributed by atoms with Crippen molar-refractivity contribution in [1.82, 2.24) is 10.2 Å². The van der Waals surface area contributed by atoms with Crippen LogP contribution in [0.2, 0.25) is 0 Å². The number of nitrogens with zero attached hydrogens (tertiary/aromatic N) is 2. The summed E-state index contributed by atoms with van der Waals surface area (Å²) in [4.78, 5) is 11.1. The molecule has 6 heteroatoms. The van der Waals surface area contributed by atoms with Gasteiger partial charge in [-0.1, -0.05) is 18.3 Å². The van der Waals surface area contributed by atoms with Crippen molar-refractivity contribution in [2.45, 2.75) is 33.3 Å². The highest BCUT2D eigenvalue weighted by Crippen LogP contribution is 2.15. The quantitative estimate of drug-likeness (QED) is 0.838. The highest BCUT2D eigenvalue weighted by atomic mass is 32.1. The van der Waals surface area contributed by atoms with Crippen molar-refractivity contribution in [3.8, 4) is 0 Å². The summed E-state index contributed by atoms with van der Waals surface area (Å²) in [6.45, 7) is 5.56. The number of amides is 1. The Morgan fingerprint density at radius 3 is 2.79 bits per heavy atom. The van der Waals surface area contributed by atoms with E-state index in [1.165, 1.54) is 11.3 Å². The van der Waals surface area contributed by atoms with E-state index in [-0.39, 0.29) is 6.10 Å². The summed E-state index contributed by atoms with van der Waals surface area (Å²) in [5, 5.41) is 11.5. The van der Waals surface area contributed by atoms with Gasteiger partial charge in [-0.2, -0.15) is 0 Å². The minimum atomic E-state index is -0.487. The van der Waals surface area contributed by atoms with Crippen LogP contribution in [-0.2, 0) is 11.2 Å². The molecular formula is C8H13N3O2S. The fraction of sp³-hybridized carbons (Fsp3) is 0.625. The van der Waals surface area contributed by atoms with Gasteiger partial charge in [0.1, 0.15) is 5.01 Å². The molecule has 0 radical (unpaired) electrons. The maximum atomic E-state index is 11.1. The molecule has 14 heavy (non-hydrogen) atoms. The number of ether oxygens (including phenoxy) is 1. The Balaban J connectivity index is 2.47. The summed E-state index contributed by atoms with van der Waals surface area (Å²) < 4.78 is 4.89. The molecule has 1 heterocycles. The third-order valence-corrected chi connectivity index (χ3v) is 2.30. The van der Waals surface area contributed by atoms with Crippen LogP contribution in [0.5, 0.6) is 0 Å². The first-order chi connectivity index (χ1) is 6.61. The molecule has 1 N–H and O–H groups in total. The van der Waals surface area contributed by atoms with Gasteiger partial charge in [0.15, 0.2) is 0 Å². The summed E-state index contributed by atoms with van der Waals surface area (Å²) in [5.41, 5.74) is 0. The fourth-order valence-corrected chi connectivity index (χ4v) is 1.44. The molecule has 0 aliphatic rings. The average molecular weight is 215 g/mol. The number of carbonyl (C=O) groups excluding carboxylic acids is 1. The normalized spacial score (nSPS) is 10.3. The molecule has 0 spiro atoms.